The molecule has 2 aromatic rings. The molecule has 0 bridgehead atoms. The van der Waals surface area contributed by atoms with Crippen LogP contribution in [0.2, 0.25) is 0 Å². The molecule has 130 valence electrons. The predicted molar refractivity (Wildman–Crippen MR) is 98.3 cm³/mol. The highest BCUT2D eigenvalue weighted by Crippen LogP contribution is 2.23. The third kappa shape index (κ3) is 5.18. The minimum absolute atomic E-state index is 0. The van der Waals surface area contributed by atoms with Crippen molar-refractivity contribution in [3.63, 3.8) is 0 Å². The number of anilines is 1. The van der Waals surface area contributed by atoms with E-state index in [0.717, 1.165) is 11.1 Å². The van der Waals surface area contributed by atoms with Crippen LogP contribution in [0.15, 0.2) is 35.1 Å². The van der Waals surface area contributed by atoms with Crippen molar-refractivity contribution in [3.05, 3.63) is 46.2 Å². The van der Waals surface area contributed by atoms with Gasteiger partial charge in [0.2, 0.25) is 5.91 Å². The van der Waals surface area contributed by atoms with E-state index < -0.39 is 6.04 Å². The summed E-state index contributed by atoms with van der Waals surface area (Å²) in [6.45, 7) is 5.97. The standard InChI is InChI=1S/C17H22N4O2.ClH/c1-10(2)8-13(18)17(23)19-15-9-12(5-4-11(15)3)14-6-7-16(22)21-20-14;/h4-7,9-10,13H,8,18H2,1-3H3,(H,19,23)(H,21,22);1H/t13-;/m0./s1. The first kappa shape index (κ1) is 19.9. The third-order valence-corrected chi connectivity index (χ3v) is 3.53. The molecule has 7 heteroatoms. The van der Waals surface area contributed by atoms with E-state index in [0.29, 0.717) is 23.7 Å². The zero-order valence-electron chi connectivity index (χ0n) is 14.0. The second-order valence-corrected chi connectivity index (χ2v) is 6.06. The molecule has 0 saturated heterocycles. The van der Waals surface area contributed by atoms with Gasteiger partial charge in [-0.15, -0.1) is 12.4 Å². The molecule has 4 N–H and O–H groups in total. The lowest BCUT2D eigenvalue weighted by Gasteiger charge is -2.16. The Labute approximate surface area is 147 Å². The molecule has 1 aromatic carbocycles. The SMILES string of the molecule is Cc1ccc(-c2ccc(=O)[nH]n2)cc1NC(=O)[C@@H](N)CC(C)C.Cl. The van der Waals surface area contributed by atoms with Crippen LogP contribution in [0.4, 0.5) is 5.69 Å². The van der Waals surface area contributed by atoms with Crippen LogP contribution in [0.1, 0.15) is 25.8 Å². The summed E-state index contributed by atoms with van der Waals surface area (Å²) in [4.78, 5) is 23.3. The van der Waals surface area contributed by atoms with E-state index >= 15 is 0 Å². The van der Waals surface area contributed by atoms with E-state index in [1.54, 1.807) is 6.07 Å². The second-order valence-electron chi connectivity index (χ2n) is 6.06. The number of benzene rings is 1. The molecule has 6 nitrogen and oxygen atoms in total. The number of rotatable bonds is 5. The maximum absolute atomic E-state index is 12.2. The van der Waals surface area contributed by atoms with Gasteiger partial charge in [0, 0.05) is 17.3 Å². The number of carbonyl (C=O) groups is 1. The van der Waals surface area contributed by atoms with Gasteiger partial charge in [-0.05, 0) is 37.0 Å². The molecular formula is C17H23ClN4O2. The zero-order chi connectivity index (χ0) is 17.0. The number of aromatic amines is 1. The van der Waals surface area contributed by atoms with Crippen molar-refractivity contribution in [2.24, 2.45) is 11.7 Å². The van der Waals surface area contributed by atoms with Crippen LogP contribution in [-0.4, -0.2) is 22.1 Å². The number of carbonyl (C=O) groups excluding carboxylic acids is 1. The molecule has 0 aliphatic carbocycles. The maximum Gasteiger partial charge on any atom is 0.264 e. The summed E-state index contributed by atoms with van der Waals surface area (Å²) in [5, 5.41) is 9.27. The van der Waals surface area contributed by atoms with Crippen LogP contribution in [0.5, 0.6) is 0 Å². The van der Waals surface area contributed by atoms with Crippen LogP contribution < -0.4 is 16.6 Å². The van der Waals surface area contributed by atoms with Crippen LogP contribution >= 0.6 is 12.4 Å². The maximum atomic E-state index is 12.2. The number of nitrogens with zero attached hydrogens (tertiary/aromatic N) is 1. The van der Waals surface area contributed by atoms with Crippen LogP contribution in [-0.2, 0) is 4.79 Å². The molecule has 0 radical (unpaired) electrons. The van der Waals surface area contributed by atoms with Crippen molar-refractivity contribution in [2.75, 3.05) is 5.32 Å². The summed E-state index contributed by atoms with van der Waals surface area (Å²) in [6, 6.07) is 8.13. The van der Waals surface area contributed by atoms with Crippen molar-refractivity contribution < 1.29 is 4.79 Å². The van der Waals surface area contributed by atoms with Gasteiger partial charge < -0.3 is 11.1 Å². The van der Waals surface area contributed by atoms with Crippen molar-refractivity contribution in [1.29, 1.82) is 0 Å². The molecule has 0 unspecified atom stereocenters. The fourth-order valence-electron chi connectivity index (χ4n) is 2.26. The number of aryl methyl sites for hydroxylation is 1. The lowest BCUT2D eigenvalue weighted by Crippen LogP contribution is -2.36. The Morgan fingerprint density at radius 1 is 1.29 bits per heavy atom. The number of nitrogens with two attached hydrogens (primary N) is 1. The minimum atomic E-state index is -0.538. The number of nitrogens with one attached hydrogen (secondary N) is 2. The van der Waals surface area contributed by atoms with Gasteiger partial charge in [0.05, 0.1) is 11.7 Å². The Morgan fingerprint density at radius 2 is 2.00 bits per heavy atom. The molecular weight excluding hydrogens is 328 g/mol. The molecule has 0 aliphatic heterocycles. The number of hydrogen-bond acceptors (Lipinski definition) is 4. The van der Waals surface area contributed by atoms with Gasteiger partial charge in [0.1, 0.15) is 0 Å². The Bertz CT molecular complexity index is 738. The summed E-state index contributed by atoms with van der Waals surface area (Å²) < 4.78 is 0. The summed E-state index contributed by atoms with van der Waals surface area (Å²) in [5.41, 5.74) is 8.73. The predicted octanol–water partition coefficient (Wildman–Crippen LogP) is 2.48. The summed E-state index contributed by atoms with van der Waals surface area (Å²) in [7, 11) is 0. The molecule has 0 spiro atoms. The van der Waals surface area contributed by atoms with Crippen molar-refractivity contribution in [2.45, 2.75) is 33.2 Å². The van der Waals surface area contributed by atoms with E-state index in [1.807, 2.05) is 39.0 Å². The molecule has 1 heterocycles. The van der Waals surface area contributed by atoms with E-state index in [2.05, 4.69) is 15.5 Å². The fraction of sp³-hybridized carbons (Fsp3) is 0.353. The van der Waals surface area contributed by atoms with Gasteiger partial charge in [-0.2, -0.15) is 5.10 Å². The lowest BCUT2D eigenvalue weighted by atomic mass is 10.0. The van der Waals surface area contributed by atoms with Crippen LogP contribution in [0, 0.1) is 12.8 Å². The summed E-state index contributed by atoms with van der Waals surface area (Å²) in [6.07, 6.45) is 0.631. The van der Waals surface area contributed by atoms with Gasteiger partial charge >= 0.3 is 0 Å². The highest BCUT2D eigenvalue weighted by molar-refractivity contribution is 5.95. The Hall–Kier alpha value is -2.18. The normalized spacial score (nSPS) is 11.7. The number of halogens is 1. The monoisotopic (exact) mass is 350 g/mol. The first-order chi connectivity index (χ1) is 10.9. The third-order valence-electron chi connectivity index (χ3n) is 3.53. The van der Waals surface area contributed by atoms with Crippen molar-refractivity contribution in [1.82, 2.24) is 10.2 Å². The molecule has 1 atom stereocenters. The average Bonchev–Trinajstić information content (AvgIpc) is 2.49. The number of amides is 1. The first-order valence-electron chi connectivity index (χ1n) is 7.60. The van der Waals surface area contributed by atoms with E-state index in [9.17, 15) is 9.59 Å². The Morgan fingerprint density at radius 3 is 2.58 bits per heavy atom. The zero-order valence-corrected chi connectivity index (χ0v) is 14.8. The van der Waals surface area contributed by atoms with Gasteiger partial charge in [-0.3, -0.25) is 9.59 Å². The molecule has 0 aliphatic rings. The number of aromatic nitrogens is 2. The topological polar surface area (TPSA) is 101 Å². The molecule has 1 aromatic heterocycles. The minimum Gasteiger partial charge on any atom is -0.324 e. The van der Waals surface area contributed by atoms with E-state index in [1.165, 1.54) is 6.07 Å². The number of H-pyrrole nitrogens is 1. The molecule has 24 heavy (non-hydrogen) atoms. The van der Waals surface area contributed by atoms with Crippen molar-refractivity contribution >= 4 is 24.0 Å². The van der Waals surface area contributed by atoms with E-state index in [-0.39, 0.29) is 23.9 Å². The molecule has 2 rings (SSSR count). The van der Waals surface area contributed by atoms with Gasteiger partial charge in [0.25, 0.3) is 5.56 Å². The average molecular weight is 351 g/mol. The summed E-state index contributed by atoms with van der Waals surface area (Å²) in [5.74, 6) is 0.155. The largest absolute Gasteiger partial charge is 0.324 e. The molecule has 0 fully saturated rings. The molecule has 1 amide bonds. The smallest absolute Gasteiger partial charge is 0.264 e. The Kier molecular flexibility index (Phi) is 7.13. The highest BCUT2D eigenvalue weighted by Gasteiger charge is 2.16. The number of hydrogen-bond donors (Lipinski definition) is 3. The second kappa shape index (κ2) is 8.61. The first-order valence-corrected chi connectivity index (χ1v) is 7.60. The van der Waals surface area contributed by atoms with Crippen molar-refractivity contribution in [3.8, 4) is 11.3 Å². The summed E-state index contributed by atoms with van der Waals surface area (Å²) >= 11 is 0. The fourth-order valence-corrected chi connectivity index (χ4v) is 2.26. The lowest BCUT2D eigenvalue weighted by molar-refractivity contribution is -0.117. The van der Waals surface area contributed by atoms with Gasteiger partial charge in [-0.25, -0.2) is 5.10 Å². The van der Waals surface area contributed by atoms with Gasteiger partial charge in [-0.1, -0.05) is 26.0 Å². The van der Waals surface area contributed by atoms with Crippen LogP contribution in [0.25, 0.3) is 11.3 Å². The highest BCUT2D eigenvalue weighted by atomic mass is 35.5. The molecule has 0 saturated carbocycles. The quantitative estimate of drug-likeness (QED) is 0.771. The Balaban J connectivity index is 0.00000288. The van der Waals surface area contributed by atoms with Crippen LogP contribution in [0.3, 0.4) is 0 Å². The van der Waals surface area contributed by atoms with E-state index in [4.69, 9.17) is 5.73 Å². The van der Waals surface area contributed by atoms with Gasteiger partial charge in [0.15, 0.2) is 0 Å².